The lowest BCUT2D eigenvalue weighted by Crippen LogP contribution is -2.30. The molecule has 5 nitrogen and oxygen atoms in total. The molecule has 1 atom stereocenters. The molecule has 3 aromatic rings. The summed E-state index contributed by atoms with van der Waals surface area (Å²) in [6.07, 6.45) is 0.221. The van der Waals surface area contributed by atoms with Crippen molar-refractivity contribution in [1.29, 1.82) is 0 Å². The van der Waals surface area contributed by atoms with E-state index in [1.807, 2.05) is 61.5 Å². The zero-order valence-electron chi connectivity index (χ0n) is 17.3. The van der Waals surface area contributed by atoms with Crippen LogP contribution >= 0.6 is 0 Å². The first-order valence-electron chi connectivity index (χ1n) is 9.92. The summed E-state index contributed by atoms with van der Waals surface area (Å²) in [4.78, 5) is 12.6. The van der Waals surface area contributed by atoms with Crippen LogP contribution in [0.15, 0.2) is 72.8 Å². The van der Waals surface area contributed by atoms with Gasteiger partial charge in [0.1, 0.15) is 11.5 Å². The number of aliphatic hydroxyl groups is 1. The molecule has 5 heteroatoms. The minimum absolute atomic E-state index is 0.0941. The molecule has 0 aliphatic heterocycles. The molecule has 0 saturated carbocycles. The lowest BCUT2D eigenvalue weighted by molar-refractivity contribution is -0.122. The summed E-state index contributed by atoms with van der Waals surface area (Å²) in [6.45, 7) is 2.17. The molecule has 0 bridgehead atoms. The molecule has 0 aliphatic carbocycles. The number of nitrogens with one attached hydrogen (secondary N) is 1. The van der Waals surface area contributed by atoms with Crippen molar-refractivity contribution in [3.05, 3.63) is 95.1 Å². The summed E-state index contributed by atoms with van der Waals surface area (Å²) in [5.41, 5.74) is 3.92. The van der Waals surface area contributed by atoms with Crippen molar-refractivity contribution in [3.8, 4) is 11.5 Å². The Bertz CT molecular complexity index is 955. The number of ether oxygens (including phenoxy) is 2. The Morgan fingerprint density at radius 3 is 2.37 bits per heavy atom. The molecule has 1 amide bonds. The highest BCUT2D eigenvalue weighted by molar-refractivity contribution is 5.77. The molecule has 30 heavy (non-hydrogen) atoms. The topological polar surface area (TPSA) is 67.8 Å². The molecule has 1 unspecified atom stereocenters. The summed E-state index contributed by atoms with van der Waals surface area (Å²) < 4.78 is 10.9. The predicted molar refractivity (Wildman–Crippen MR) is 117 cm³/mol. The van der Waals surface area contributed by atoms with Gasteiger partial charge in [0.05, 0.1) is 32.8 Å². The van der Waals surface area contributed by atoms with E-state index in [2.05, 4.69) is 5.32 Å². The van der Waals surface area contributed by atoms with E-state index >= 15 is 0 Å². The van der Waals surface area contributed by atoms with Gasteiger partial charge in [0.2, 0.25) is 5.91 Å². The highest BCUT2D eigenvalue weighted by Gasteiger charge is 2.16. The second-order valence-electron chi connectivity index (χ2n) is 7.05. The molecular weight excluding hydrogens is 378 g/mol. The molecule has 0 aromatic heterocycles. The van der Waals surface area contributed by atoms with Gasteiger partial charge < -0.3 is 19.9 Å². The predicted octanol–water partition coefficient (Wildman–Crippen LogP) is 4.17. The molecule has 3 aromatic carbocycles. The van der Waals surface area contributed by atoms with Crippen LogP contribution in [0.2, 0.25) is 0 Å². The third kappa shape index (κ3) is 5.61. The molecule has 0 saturated heterocycles. The lowest BCUT2D eigenvalue weighted by Gasteiger charge is -2.20. The van der Waals surface area contributed by atoms with Crippen molar-refractivity contribution in [2.75, 3.05) is 13.7 Å². The van der Waals surface area contributed by atoms with E-state index in [0.717, 1.165) is 11.1 Å². The van der Waals surface area contributed by atoms with Crippen LogP contribution in [0.3, 0.4) is 0 Å². The molecule has 156 valence electrons. The van der Waals surface area contributed by atoms with Gasteiger partial charge in [0, 0.05) is 11.6 Å². The van der Waals surface area contributed by atoms with Crippen LogP contribution in [0.1, 0.15) is 34.7 Å². The van der Waals surface area contributed by atoms with Gasteiger partial charge in [-0.15, -0.1) is 0 Å². The summed E-state index contributed by atoms with van der Waals surface area (Å²) in [7, 11) is 1.54. The van der Waals surface area contributed by atoms with E-state index in [-0.39, 0.29) is 31.6 Å². The van der Waals surface area contributed by atoms with E-state index < -0.39 is 0 Å². The van der Waals surface area contributed by atoms with Crippen molar-refractivity contribution in [2.24, 2.45) is 0 Å². The van der Waals surface area contributed by atoms with Gasteiger partial charge in [0.15, 0.2) is 0 Å². The minimum atomic E-state index is -0.219. The average Bonchev–Trinajstić information content (AvgIpc) is 2.78. The number of rotatable bonds is 9. The fourth-order valence-electron chi connectivity index (χ4n) is 3.20. The van der Waals surface area contributed by atoms with Gasteiger partial charge in [-0.05, 0) is 30.2 Å². The Labute approximate surface area is 177 Å². The Balaban J connectivity index is 1.63. The van der Waals surface area contributed by atoms with Crippen LogP contribution in [-0.2, 0) is 11.4 Å². The fraction of sp³-hybridized carbons (Fsp3) is 0.240. The van der Waals surface area contributed by atoms with Gasteiger partial charge in [-0.3, -0.25) is 4.79 Å². The average molecular weight is 405 g/mol. The quantitative estimate of drug-likeness (QED) is 0.561. The number of carbonyl (C=O) groups is 1. The van der Waals surface area contributed by atoms with Gasteiger partial charge in [-0.2, -0.15) is 0 Å². The Kier molecular flexibility index (Phi) is 7.46. The van der Waals surface area contributed by atoms with Crippen molar-refractivity contribution >= 4 is 5.91 Å². The molecule has 0 heterocycles. The van der Waals surface area contributed by atoms with Gasteiger partial charge in [-0.25, -0.2) is 0 Å². The number of hydrogen-bond donors (Lipinski definition) is 2. The maximum absolute atomic E-state index is 12.6. The minimum Gasteiger partial charge on any atom is -0.496 e. The summed E-state index contributed by atoms with van der Waals surface area (Å²) in [5, 5.41) is 12.4. The Hall–Kier alpha value is -3.31. The van der Waals surface area contributed by atoms with E-state index in [9.17, 15) is 9.90 Å². The molecule has 2 N–H and O–H groups in total. The number of benzene rings is 3. The van der Waals surface area contributed by atoms with Crippen molar-refractivity contribution < 1.29 is 19.4 Å². The number of carbonyl (C=O) groups excluding carboxylic acids is 1. The normalized spacial score (nSPS) is 11.6. The van der Waals surface area contributed by atoms with Gasteiger partial charge in [0.25, 0.3) is 0 Å². The van der Waals surface area contributed by atoms with E-state index in [1.165, 1.54) is 5.56 Å². The molecule has 0 radical (unpaired) electrons. The number of hydrogen-bond acceptors (Lipinski definition) is 4. The van der Waals surface area contributed by atoms with Crippen molar-refractivity contribution in [3.63, 3.8) is 0 Å². The maximum atomic E-state index is 12.6. The summed E-state index contributed by atoms with van der Waals surface area (Å²) in [5.74, 6) is 1.06. The van der Waals surface area contributed by atoms with Crippen LogP contribution in [0, 0.1) is 6.92 Å². The van der Waals surface area contributed by atoms with E-state index in [4.69, 9.17) is 9.47 Å². The zero-order chi connectivity index (χ0) is 21.3. The second-order valence-corrected chi connectivity index (χ2v) is 7.05. The largest absolute Gasteiger partial charge is 0.496 e. The first-order valence-corrected chi connectivity index (χ1v) is 9.92. The second kappa shape index (κ2) is 10.5. The van der Waals surface area contributed by atoms with E-state index in [1.54, 1.807) is 25.3 Å². The smallest absolute Gasteiger partial charge is 0.224 e. The van der Waals surface area contributed by atoms with Gasteiger partial charge in [-0.1, -0.05) is 60.2 Å². The maximum Gasteiger partial charge on any atom is 0.224 e. The zero-order valence-corrected chi connectivity index (χ0v) is 17.3. The van der Waals surface area contributed by atoms with Crippen LogP contribution < -0.4 is 14.8 Å². The molecular formula is C25H27NO4. The highest BCUT2D eigenvalue weighted by Crippen LogP contribution is 2.25. The van der Waals surface area contributed by atoms with Crippen molar-refractivity contribution in [2.45, 2.75) is 26.0 Å². The number of amides is 1. The fourth-order valence-corrected chi connectivity index (χ4v) is 3.20. The van der Waals surface area contributed by atoms with Crippen LogP contribution in [0.25, 0.3) is 0 Å². The van der Waals surface area contributed by atoms with Crippen LogP contribution in [-0.4, -0.2) is 24.7 Å². The molecule has 0 fully saturated rings. The van der Waals surface area contributed by atoms with Crippen molar-refractivity contribution in [1.82, 2.24) is 5.32 Å². The number of aliphatic hydroxyl groups excluding tert-OH is 1. The van der Waals surface area contributed by atoms with Crippen LogP contribution in [0.4, 0.5) is 0 Å². The standard InChI is InChI=1S/C25H27NO4/c1-18-8-10-20(11-9-18)25(19-6-4-3-5-7-19)26-24(28)14-15-30-22-13-12-21(17-27)23(16-22)29-2/h3-13,16,25,27H,14-15,17H2,1-2H3,(H,26,28). The Morgan fingerprint density at radius 2 is 1.70 bits per heavy atom. The third-order valence-electron chi connectivity index (χ3n) is 4.88. The molecule has 0 aliphatic rings. The Morgan fingerprint density at radius 1 is 1.00 bits per heavy atom. The SMILES string of the molecule is COc1cc(OCCC(=O)NC(c2ccccc2)c2ccc(C)cc2)ccc1CO. The lowest BCUT2D eigenvalue weighted by atomic mass is 9.97. The highest BCUT2D eigenvalue weighted by atomic mass is 16.5. The number of aryl methyl sites for hydroxylation is 1. The van der Waals surface area contributed by atoms with E-state index in [0.29, 0.717) is 17.1 Å². The first kappa shape index (κ1) is 21.4. The molecule has 3 rings (SSSR count). The number of methoxy groups -OCH3 is 1. The first-order chi connectivity index (χ1) is 14.6. The monoisotopic (exact) mass is 405 g/mol. The van der Waals surface area contributed by atoms with Crippen LogP contribution in [0.5, 0.6) is 11.5 Å². The third-order valence-corrected chi connectivity index (χ3v) is 4.88. The molecule has 0 spiro atoms. The van der Waals surface area contributed by atoms with Gasteiger partial charge >= 0.3 is 0 Å². The summed E-state index contributed by atoms with van der Waals surface area (Å²) in [6, 6.07) is 23.1. The summed E-state index contributed by atoms with van der Waals surface area (Å²) >= 11 is 0.